The van der Waals surface area contributed by atoms with Gasteiger partial charge in [0, 0.05) is 16.7 Å². The first-order valence-electron chi connectivity index (χ1n) is 5.88. The standard InChI is InChI=1S/C14H12BrCl3N2/c15-10-6-8(4-5-11(10)16)20-13(7-19)9-2-1-3-12(17)14(9)18/h1-6,13,20H,7,19H2. The van der Waals surface area contributed by atoms with Crippen molar-refractivity contribution in [3.8, 4) is 0 Å². The third-order valence-corrected chi connectivity index (χ3v) is 4.90. The zero-order valence-corrected chi connectivity index (χ0v) is 14.2. The molecule has 106 valence electrons. The normalized spacial score (nSPS) is 12.2. The molecule has 0 bridgehead atoms. The molecule has 0 aliphatic heterocycles. The molecule has 0 amide bonds. The van der Waals surface area contributed by atoms with Crippen molar-refractivity contribution in [3.63, 3.8) is 0 Å². The summed E-state index contributed by atoms with van der Waals surface area (Å²) in [5.74, 6) is 0. The SMILES string of the molecule is NCC(Nc1ccc(Cl)c(Br)c1)c1cccc(Cl)c1Cl. The Kier molecular flexibility index (Phi) is 5.58. The van der Waals surface area contributed by atoms with Gasteiger partial charge in [-0.25, -0.2) is 0 Å². The van der Waals surface area contributed by atoms with Crippen LogP contribution in [-0.2, 0) is 0 Å². The number of nitrogens with two attached hydrogens (primary N) is 1. The van der Waals surface area contributed by atoms with Gasteiger partial charge in [-0.3, -0.25) is 0 Å². The molecule has 0 saturated heterocycles. The Morgan fingerprint density at radius 1 is 1.10 bits per heavy atom. The summed E-state index contributed by atoms with van der Waals surface area (Å²) < 4.78 is 0.817. The van der Waals surface area contributed by atoms with E-state index in [1.165, 1.54) is 0 Å². The van der Waals surface area contributed by atoms with Crippen LogP contribution in [0.2, 0.25) is 15.1 Å². The first kappa shape index (κ1) is 15.9. The Hall–Kier alpha value is -0.450. The first-order valence-corrected chi connectivity index (χ1v) is 7.81. The van der Waals surface area contributed by atoms with Crippen molar-refractivity contribution >= 4 is 56.4 Å². The van der Waals surface area contributed by atoms with Crippen LogP contribution in [0.15, 0.2) is 40.9 Å². The Balaban J connectivity index is 2.28. The quantitative estimate of drug-likeness (QED) is 0.716. The predicted octanol–water partition coefficient (Wildman–Crippen LogP) is 5.52. The zero-order chi connectivity index (χ0) is 14.7. The van der Waals surface area contributed by atoms with Crippen molar-refractivity contribution in [2.24, 2.45) is 5.73 Å². The van der Waals surface area contributed by atoms with Crippen molar-refractivity contribution in [1.29, 1.82) is 0 Å². The maximum absolute atomic E-state index is 6.23. The van der Waals surface area contributed by atoms with Crippen LogP contribution in [0, 0.1) is 0 Å². The first-order chi connectivity index (χ1) is 9.52. The Bertz CT molecular complexity index is 619. The average molecular weight is 395 g/mol. The molecule has 0 fully saturated rings. The summed E-state index contributed by atoms with van der Waals surface area (Å²) in [6, 6.07) is 11.0. The largest absolute Gasteiger partial charge is 0.377 e. The van der Waals surface area contributed by atoms with E-state index in [4.69, 9.17) is 40.5 Å². The van der Waals surface area contributed by atoms with Gasteiger partial charge >= 0.3 is 0 Å². The molecule has 2 aromatic rings. The Morgan fingerprint density at radius 2 is 1.85 bits per heavy atom. The lowest BCUT2D eigenvalue weighted by Crippen LogP contribution is -2.21. The van der Waals surface area contributed by atoms with Gasteiger partial charge < -0.3 is 11.1 Å². The fraction of sp³-hybridized carbons (Fsp3) is 0.143. The van der Waals surface area contributed by atoms with Crippen LogP contribution in [0.1, 0.15) is 11.6 Å². The molecule has 2 rings (SSSR count). The van der Waals surface area contributed by atoms with Gasteiger partial charge in [0.25, 0.3) is 0 Å². The molecular formula is C14H12BrCl3N2. The van der Waals surface area contributed by atoms with Crippen LogP contribution in [0.4, 0.5) is 5.69 Å². The fourth-order valence-electron chi connectivity index (χ4n) is 1.84. The molecule has 0 saturated carbocycles. The van der Waals surface area contributed by atoms with Gasteiger partial charge in [-0.15, -0.1) is 0 Å². The fourth-order valence-corrected chi connectivity index (χ4v) is 2.78. The predicted molar refractivity (Wildman–Crippen MR) is 91.0 cm³/mol. The highest BCUT2D eigenvalue weighted by Crippen LogP contribution is 2.32. The van der Waals surface area contributed by atoms with Gasteiger partial charge in [0.15, 0.2) is 0 Å². The van der Waals surface area contributed by atoms with Gasteiger partial charge in [-0.1, -0.05) is 46.9 Å². The highest BCUT2D eigenvalue weighted by Gasteiger charge is 2.15. The molecule has 20 heavy (non-hydrogen) atoms. The summed E-state index contributed by atoms with van der Waals surface area (Å²) in [5, 5.41) is 5.01. The van der Waals surface area contributed by atoms with Gasteiger partial charge in [0.1, 0.15) is 0 Å². The molecule has 3 N–H and O–H groups in total. The summed E-state index contributed by atoms with van der Waals surface area (Å²) in [6.45, 7) is 0.389. The maximum atomic E-state index is 6.23. The van der Waals surface area contributed by atoms with Crippen molar-refractivity contribution in [2.45, 2.75) is 6.04 Å². The van der Waals surface area contributed by atoms with Crippen molar-refractivity contribution in [1.82, 2.24) is 0 Å². The van der Waals surface area contributed by atoms with E-state index in [1.807, 2.05) is 24.3 Å². The smallest absolute Gasteiger partial charge is 0.0651 e. The lowest BCUT2D eigenvalue weighted by atomic mass is 10.1. The molecule has 0 spiro atoms. The van der Waals surface area contributed by atoms with E-state index in [0.29, 0.717) is 21.6 Å². The highest BCUT2D eigenvalue weighted by molar-refractivity contribution is 9.10. The lowest BCUT2D eigenvalue weighted by molar-refractivity contribution is 0.790. The molecule has 2 aromatic carbocycles. The van der Waals surface area contributed by atoms with Gasteiger partial charge in [0.2, 0.25) is 0 Å². The van der Waals surface area contributed by atoms with E-state index < -0.39 is 0 Å². The van der Waals surface area contributed by atoms with Crippen LogP contribution in [0.3, 0.4) is 0 Å². The number of anilines is 1. The van der Waals surface area contributed by atoms with Crippen LogP contribution in [0.25, 0.3) is 0 Å². The molecule has 2 nitrogen and oxygen atoms in total. The second-order valence-electron chi connectivity index (χ2n) is 4.20. The number of hydrogen-bond acceptors (Lipinski definition) is 2. The van der Waals surface area contributed by atoms with E-state index in [2.05, 4.69) is 21.2 Å². The number of benzene rings is 2. The molecule has 0 heterocycles. The van der Waals surface area contributed by atoms with E-state index in [9.17, 15) is 0 Å². The molecule has 0 aliphatic carbocycles. The second-order valence-corrected chi connectivity index (χ2v) is 6.25. The summed E-state index contributed by atoms with van der Waals surface area (Å²) in [5.41, 5.74) is 7.60. The molecule has 1 atom stereocenters. The van der Waals surface area contributed by atoms with Crippen LogP contribution < -0.4 is 11.1 Å². The molecule has 6 heteroatoms. The maximum Gasteiger partial charge on any atom is 0.0651 e. The third kappa shape index (κ3) is 3.60. The topological polar surface area (TPSA) is 38.0 Å². The highest BCUT2D eigenvalue weighted by atomic mass is 79.9. The summed E-state index contributed by atoms with van der Waals surface area (Å²) >= 11 is 21.6. The minimum atomic E-state index is -0.130. The summed E-state index contributed by atoms with van der Waals surface area (Å²) in [6.07, 6.45) is 0. The Morgan fingerprint density at radius 3 is 2.50 bits per heavy atom. The molecular weight excluding hydrogens is 382 g/mol. The third-order valence-electron chi connectivity index (χ3n) is 2.85. The van der Waals surface area contributed by atoms with Gasteiger partial charge in [-0.05, 0) is 45.8 Å². The molecule has 0 aromatic heterocycles. The van der Waals surface area contributed by atoms with Crippen LogP contribution >= 0.6 is 50.7 Å². The number of rotatable bonds is 4. The van der Waals surface area contributed by atoms with E-state index in [1.54, 1.807) is 12.1 Å². The zero-order valence-electron chi connectivity index (χ0n) is 10.3. The minimum Gasteiger partial charge on any atom is -0.377 e. The van der Waals surface area contributed by atoms with Crippen LogP contribution in [0.5, 0.6) is 0 Å². The van der Waals surface area contributed by atoms with Crippen molar-refractivity contribution < 1.29 is 0 Å². The monoisotopic (exact) mass is 392 g/mol. The van der Waals surface area contributed by atoms with Crippen LogP contribution in [-0.4, -0.2) is 6.54 Å². The van der Waals surface area contributed by atoms with E-state index >= 15 is 0 Å². The minimum absolute atomic E-state index is 0.130. The second kappa shape index (κ2) is 7.01. The summed E-state index contributed by atoms with van der Waals surface area (Å²) in [4.78, 5) is 0. The molecule has 1 unspecified atom stereocenters. The van der Waals surface area contributed by atoms with E-state index in [0.717, 1.165) is 15.7 Å². The summed E-state index contributed by atoms with van der Waals surface area (Å²) in [7, 11) is 0. The van der Waals surface area contributed by atoms with Crippen molar-refractivity contribution in [3.05, 3.63) is 61.5 Å². The molecule has 0 radical (unpaired) electrons. The van der Waals surface area contributed by atoms with Gasteiger partial charge in [0.05, 0.1) is 21.1 Å². The lowest BCUT2D eigenvalue weighted by Gasteiger charge is -2.20. The number of nitrogens with one attached hydrogen (secondary N) is 1. The average Bonchev–Trinajstić information content (AvgIpc) is 2.43. The number of halogens is 4. The number of hydrogen-bond donors (Lipinski definition) is 2. The van der Waals surface area contributed by atoms with Crippen molar-refractivity contribution in [2.75, 3.05) is 11.9 Å². The van der Waals surface area contributed by atoms with Gasteiger partial charge in [-0.2, -0.15) is 0 Å². The van der Waals surface area contributed by atoms with E-state index in [-0.39, 0.29) is 6.04 Å². The molecule has 0 aliphatic rings. The Labute approximate surface area is 141 Å².